The van der Waals surface area contributed by atoms with E-state index in [1.807, 2.05) is 20.8 Å². The Hall–Kier alpha value is -0.590. The highest BCUT2D eigenvalue weighted by atomic mass is 79.9. The van der Waals surface area contributed by atoms with E-state index in [1.54, 1.807) is 18.2 Å². The maximum Gasteiger partial charge on any atom is 0.243 e. The summed E-state index contributed by atoms with van der Waals surface area (Å²) in [5, 5.41) is 0. The molecule has 0 spiro atoms. The van der Waals surface area contributed by atoms with Crippen molar-refractivity contribution in [2.24, 2.45) is 0 Å². The van der Waals surface area contributed by atoms with Crippen molar-refractivity contribution in [3.05, 3.63) is 22.7 Å². The molecule has 18 heavy (non-hydrogen) atoms. The zero-order chi connectivity index (χ0) is 13.9. The van der Waals surface area contributed by atoms with Gasteiger partial charge in [-0.25, -0.2) is 8.42 Å². The number of anilines is 1. The minimum atomic E-state index is -3.45. The van der Waals surface area contributed by atoms with Gasteiger partial charge in [0.2, 0.25) is 10.0 Å². The first-order valence-electron chi connectivity index (χ1n) is 5.87. The predicted octanol–water partition coefficient (Wildman–Crippen LogP) is 2.84. The summed E-state index contributed by atoms with van der Waals surface area (Å²) in [6, 6.07) is 4.63. The Labute approximate surface area is 117 Å². The van der Waals surface area contributed by atoms with E-state index in [0.29, 0.717) is 16.7 Å². The van der Waals surface area contributed by atoms with Crippen LogP contribution in [0.1, 0.15) is 27.2 Å². The van der Waals surface area contributed by atoms with Gasteiger partial charge in [-0.15, -0.1) is 0 Å². The van der Waals surface area contributed by atoms with E-state index in [9.17, 15) is 8.42 Å². The van der Waals surface area contributed by atoms with Crippen molar-refractivity contribution >= 4 is 31.6 Å². The van der Waals surface area contributed by atoms with Crippen LogP contribution in [0.25, 0.3) is 0 Å². The SMILES string of the molecule is CCCN(C(C)C)S(=O)(=O)c1ccc(N)c(Br)c1. The zero-order valence-electron chi connectivity index (χ0n) is 10.9. The average Bonchev–Trinajstić information content (AvgIpc) is 2.28. The normalized spacial score (nSPS) is 12.3. The van der Waals surface area contributed by atoms with Gasteiger partial charge < -0.3 is 5.73 Å². The monoisotopic (exact) mass is 334 g/mol. The Bertz CT molecular complexity index is 515. The summed E-state index contributed by atoms with van der Waals surface area (Å²) in [7, 11) is -3.45. The van der Waals surface area contributed by atoms with E-state index < -0.39 is 10.0 Å². The van der Waals surface area contributed by atoms with Crippen LogP contribution in [-0.4, -0.2) is 25.3 Å². The summed E-state index contributed by atoms with van der Waals surface area (Å²) in [6.45, 7) is 6.23. The van der Waals surface area contributed by atoms with Gasteiger partial charge in [-0.2, -0.15) is 4.31 Å². The summed E-state index contributed by atoms with van der Waals surface area (Å²) in [5.41, 5.74) is 6.20. The Morgan fingerprint density at radius 1 is 1.39 bits per heavy atom. The van der Waals surface area contributed by atoms with Crippen LogP contribution in [0.2, 0.25) is 0 Å². The van der Waals surface area contributed by atoms with Gasteiger partial charge in [0.05, 0.1) is 4.90 Å². The van der Waals surface area contributed by atoms with Crippen LogP contribution < -0.4 is 5.73 Å². The number of nitrogens with two attached hydrogens (primary N) is 1. The molecule has 0 aliphatic carbocycles. The standard InChI is InChI=1S/C12H19BrN2O2S/c1-4-7-15(9(2)3)18(16,17)10-5-6-12(14)11(13)8-10/h5-6,8-9H,4,7,14H2,1-3H3. The summed E-state index contributed by atoms with van der Waals surface area (Å²) in [5.74, 6) is 0. The molecule has 0 aromatic heterocycles. The second kappa shape index (κ2) is 6.04. The van der Waals surface area contributed by atoms with Crippen LogP contribution in [0, 0.1) is 0 Å². The van der Waals surface area contributed by atoms with Gasteiger partial charge in [-0.3, -0.25) is 0 Å². The van der Waals surface area contributed by atoms with Crippen molar-refractivity contribution < 1.29 is 8.42 Å². The first kappa shape index (κ1) is 15.5. The van der Waals surface area contributed by atoms with Gasteiger partial charge >= 0.3 is 0 Å². The molecule has 0 bridgehead atoms. The maximum atomic E-state index is 12.5. The Morgan fingerprint density at radius 2 is 2.00 bits per heavy atom. The van der Waals surface area contributed by atoms with Crippen LogP contribution in [-0.2, 0) is 10.0 Å². The van der Waals surface area contributed by atoms with Gasteiger partial charge in [-0.1, -0.05) is 6.92 Å². The molecule has 0 saturated carbocycles. The fraction of sp³-hybridized carbons (Fsp3) is 0.500. The molecule has 0 heterocycles. The van der Waals surface area contributed by atoms with Gasteiger partial charge in [0.15, 0.2) is 0 Å². The molecule has 0 unspecified atom stereocenters. The summed E-state index contributed by atoms with van der Waals surface area (Å²) in [4.78, 5) is 0.269. The number of benzene rings is 1. The van der Waals surface area contributed by atoms with Crippen LogP contribution >= 0.6 is 15.9 Å². The number of rotatable bonds is 5. The summed E-state index contributed by atoms with van der Waals surface area (Å²) < 4.78 is 27.1. The molecule has 0 atom stereocenters. The largest absolute Gasteiger partial charge is 0.398 e. The van der Waals surface area contributed by atoms with E-state index in [2.05, 4.69) is 15.9 Å². The van der Waals surface area contributed by atoms with Crippen LogP contribution in [0.3, 0.4) is 0 Å². The molecule has 4 nitrogen and oxygen atoms in total. The second-order valence-electron chi connectivity index (χ2n) is 4.39. The van der Waals surface area contributed by atoms with Crippen LogP contribution in [0.4, 0.5) is 5.69 Å². The molecule has 0 amide bonds. The third kappa shape index (κ3) is 3.24. The molecule has 1 rings (SSSR count). The lowest BCUT2D eigenvalue weighted by Gasteiger charge is -2.25. The summed E-state index contributed by atoms with van der Waals surface area (Å²) >= 11 is 3.26. The highest BCUT2D eigenvalue weighted by Gasteiger charge is 2.26. The molecule has 0 saturated heterocycles. The van der Waals surface area contributed by atoms with Crippen molar-refractivity contribution in [1.29, 1.82) is 0 Å². The number of nitrogens with zero attached hydrogens (tertiary/aromatic N) is 1. The molecule has 0 fully saturated rings. The fourth-order valence-corrected chi connectivity index (χ4v) is 3.97. The minimum Gasteiger partial charge on any atom is -0.398 e. The summed E-state index contributed by atoms with van der Waals surface area (Å²) in [6.07, 6.45) is 0.785. The lowest BCUT2D eigenvalue weighted by molar-refractivity contribution is 0.354. The molecule has 2 N–H and O–H groups in total. The van der Waals surface area contributed by atoms with Crippen LogP contribution in [0.5, 0.6) is 0 Å². The zero-order valence-corrected chi connectivity index (χ0v) is 13.3. The van der Waals surface area contributed by atoms with Gasteiger partial charge in [0, 0.05) is 22.7 Å². The first-order chi connectivity index (χ1) is 8.30. The smallest absolute Gasteiger partial charge is 0.243 e. The molecule has 1 aromatic carbocycles. The topological polar surface area (TPSA) is 63.4 Å². The molecular formula is C12H19BrN2O2S. The van der Waals surface area contributed by atoms with Crippen LogP contribution in [0.15, 0.2) is 27.6 Å². The fourth-order valence-electron chi connectivity index (χ4n) is 1.68. The number of sulfonamides is 1. The van der Waals surface area contributed by atoms with E-state index in [4.69, 9.17) is 5.73 Å². The molecule has 102 valence electrons. The molecular weight excluding hydrogens is 316 g/mol. The third-order valence-electron chi connectivity index (χ3n) is 2.60. The average molecular weight is 335 g/mol. The third-order valence-corrected chi connectivity index (χ3v) is 5.36. The van der Waals surface area contributed by atoms with Crippen molar-refractivity contribution in [2.75, 3.05) is 12.3 Å². The predicted molar refractivity (Wildman–Crippen MR) is 77.9 cm³/mol. The van der Waals surface area contributed by atoms with Crippen molar-refractivity contribution in [3.63, 3.8) is 0 Å². The Balaban J connectivity index is 3.22. The Kier molecular flexibility index (Phi) is 5.19. The van der Waals surface area contributed by atoms with Crippen molar-refractivity contribution in [1.82, 2.24) is 4.31 Å². The molecule has 0 aliphatic heterocycles. The lowest BCUT2D eigenvalue weighted by Crippen LogP contribution is -2.37. The number of halogens is 1. The van der Waals surface area contributed by atoms with Gasteiger partial charge in [0.25, 0.3) is 0 Å². The highest BCUT2D eigenvalue weighted by Crippen LogP contribution is 2.26. The molecule has 0 radical (unpaired) electrons. The minimum absolute atomic E-state index is 0.0636. The molecule has 0 aliphatic rings. The maximum absolute atomic E-state index is 12.5. The van der Waals surface area contributed by atoms with Gasteiger partial charge in [-0.05, 0) is 54.4 Å². The van der Waals surface area contributed by atoms with Gasteiger partial charge in [0.1, 0.15) is 0 Å². The van der Waals surface area contributed by atoms with E-state index >= 15 is 0 Å². The second-order valence-corrected chi connectivity index (χ2v) is 7.14. The quantitative estimate of drug-likeness (QED) is 0.842. The number of nitrogen functional groups attached to an aromatic ring is 1. The lowest BCUT2D eigenvalue weighted by atomic mass is 10.3. The Morgan fingerprint density at radius 3 is 2.44 bits per heavy atom. The molecule has 6 heteroatoms. The molecule has 1 aromatic rings. The van der Waals surface area contributed by atoms with Crippen molar-refractivity contribution in [2.45, 2.75) is 38.1 Å². The van der Waals surface area contributed by atoms with E-state index in [-0.39, 0.29) is 10.9 Å². The first-order valence-corrected chi connectivity index (χ1v) is 8.11. The highest BCUT2D eigenvalue weighted by molar-refractivity contribution is 9.10. The van der Waals surface area contributed by atoms with E-state index in [1.165, 1.54) is 4.31 Å². The number of hydrogen-bond acceptors (Lipinski definition) is 3. The van der Waals surface area contributed by atoms with E-state index in [0.717, 1.165) is 6.42 Å². The number of hydrogen-bond donors (Lipinski definition) is 1. The van der Waals surface area contributed by atoms with Crippen molar-refractivity contribution in [3.8, 4) is 0 Å².